The van der Waals surface area contributed by atoms with Crippen LogP contribution in [-0.4, -0.2) is 47.4 Å². The lowest BCUT2D eigenvalue weighted by atomic mass is 10.1. The second-order valence-electron chi connectivity index (χ2n) is 6.15. The van der Waals surface area contributed by atoms with E-state index >= 15 is 0 Å². The number of carbonyl (C=O) groups excluding carboxylic acids is 1. The van der Waals surface area contributed by atoms with Crippen molar-refractivity contribution in [2.45, 2.75) is 0 Å². The van der Waals surface area contributed by atoms with Crippen LogP contribution in [0.5, 0.6) is 0 Å². The Balaban J connectivity index is 1.49. The second-order valence-corrected chi connectivity index (χ2v) is 6.15. The number of anilines is 2. The minimum absolute atomic E-state index is 0.178. The van der Waals surface area contributed by atoms with Gasteiger partial charge in [0.1, 0.15) is 0 Å². The van der Waals surface area contributed by atoms with Crippen molar-refractivity contribution >= 4 is 17.4 Å². The van der Waals surface area contributed by atoms with Gasteiger partial charge in [-0.2, -0.15) is 0 Å². The van der Waals surface area contributed by atoms with Crippen LogP contribution >= 0.6 is 0 Å². The van der Waals surface area contributed by atoms with E-state index in [9.17, 15) is 4.79 Å². The number of aromatic nitrogens is 3. The first kappa shape index (κ1) is 17.1. The Hall–Kier alpha value is -3.32. The molecule has 1 amide bonds. The van der Waals surface area contributed by atoms with Gasteiger partial charge in [0.2, 0.25) is 0 Å². The molecule has 136 valence electrons. The zero-order valence-corrected chi connectivity index (χ0v) is 14.7. The monoisotopic (exact) mass is 361 g/mol. The quantitative estimate of drug-likeness (QED) is 0.769. The molecule has 0 radical (unpaired) electrons. The number of benzene rings is 1. The van der Waals surface area contributed by atoms with Crippen molar-refractivity contribution in [3.05, 3.63) is 66.5 Å². The Bertz CT molecular complexity index is 909. The van der Waals surface area contributed by atoms with Gasteiger partial charge in [0.25, 0.3) is 5.91 Å². The topological polar surface area (TPSA) is 80.2 Å². The van der Waals surface area contributed by atoms with Crippen molar-refractivity contribution in [2.75, 3.05) is 36.5 Å². The highest BCUT2D eigenvalue weighted by molar-refractivity contribution is 6.04. The summed E-state index contributed by atoms with van der Waals surface area (Å²) in [5.74, 6) is 0.674. The first-order valence-electron chi connectivity index (χ1n) is 8.78. The van der Waals surface area contributed by atoms with E-state index < -0.39 is 0 Å². The number of pyridine rings is 1. The fourth-order valence-electron chi connectivity index (χ4n) is 2.90. The fourth-order valence-corrected chi connectivity index (χ4v) is 2.90. The Kier molecular flexibility index (Phi) is 5.02. The molecule has 1 aliphatic heterocycles. The van der Waals surface area contributed by atoms with Crippen LogP contribution in [0.1, 0.15) is 10.4 Å². The Labute approximate surface area is 157 Å². The van der Waals surface area contributed by atoms with E-state index in [-0.39, 0.29) is 5.91 Å². The summed E-state index contributed by atoms with van der Waals surface area (Å²) in [7, 11) is 0. The van der Waals surface area contributed by atoms with Gasteiger partial charge in [-0.3, -0.25) is 9.78 Å². The van der Waals surface area contributed by atoms with Gasteiger partial charge < -0.3 is 15.0 Å². The highest BCUT2D eigenvalue weighted by atomic mass is 16.5. The standard InChI is InChI=1S/C20H19N5O2/c26-20(15-6-8-21-9-7-15)22-17-3-1-2-16(14-17)18-4-5-19(24-23-18)25-10-12-27-13-11-25/h1-9,14H,10-13H2,(H,22,26). The molecule has 2 aromatic heterocycles. The predicted molar refractivity (Wildman–Crippen MR) is 103 cm³/mol. The molecule has 7 nitrogen and oxygen atoms in total. The first-order valence-corrected chi connectivity index (χ1v) is 8.78. The maximum atomic E-state index is 12.3. The first-order chi connectivity index (χ1) is 13.3. The average Bonchev–Trinajstić information content (AvgIpc) is 2.75. The van der Waals surface area contributed by atoms with Crippen molar-refractivity contribution in [1.29, 1.82) is 0 Å². The van der Waals surface area contributed by atoms with E-state index in [0.29, 0.717) is 24.5 Å². The number of hydrogen-bond donors (Lipinski definition) is 1. The molecule has 0 unspecified atom stereocenters. The summed E-state index contributed by atoms with van der Waals surface area (Å²) in [4.78, 5) is 18.4. The summed E-state index contributed by atoms with van der Waals surface area (Å²) in [6, 6.07) is 14.8. The lowest BCUT2D eigenvalue weighted by Gasteiger charge is -2.27. The molecule has 1 N–H and O–H groups in total. The molecular formula is C20H19N5O2. The van der Waals surface area contributed by atoms with Crippen LogP contribution in [0.15, 0.2) is 60.9 Å². The van der Waals surface area contributed by atoms with Crippen LogP contribution in [0.4, 0.5) is 11.5 Å². The third-order valence-corrected chi connectivity index (χ3v) is 4.34. The number of rotatable bonds is 4. The molecule has 0 spiro atoms. The minimum Gasteiger partial charge on any atom is -0.378 e. The molecular weight excluding hydrogens is 342 g/mol. The van der Waals surface area contributed by atoms with E-state index in [1.807, 2.05) is 36.4 Å². The summed E-state index contributed by atoms with van der Waals surface area (Å²) in [6.07, 6.45) is 3.19. The summed E-state index contributed by atoms with van der Waals surface area (Å²) in [5.41, 5.74) is 2.91. The molecule has 3 aromatic rings. The number of ether oxygens (including phenoxy) is 1. The van der Waals surface area contributed by atoms with E-state index in [1.165, 1.54) is 0 Å². The third-order valence-electron chi connectivity index (χ3n) is 4.34. The van der Waals surface area contributed by atoms with Crippen molar-refractivity contribution in [3.63, 3.8) is 0 Å². The van der Waals surface area contributed by atoms with Gasteiger partial charge in [-0.05, 0) is 36.4 Å². The zero-order valence-electron chi connectivity index (χ0n) is 14.7. The summed E-state index contributed by atoms with van der Waals surface area (Å²) in [5, 5.41) is 11.6. The van der Waals surface area contributed by atoms with Crippen molar-refractivity contribution < 1.29 is 9.53 Å². The van der Waals surface area contributed by atoms with Gasteiger partial charge in [0.05, 0.1) is 18.9 Å². The van der Waals surface area contributed by atoms with Crippen LogP contribution in [0, 0.1) is 0 Å². The van der Waals surface area contributed by atoms with Crippen LogP contribution < -0.4 is 10.2 Å². The molecule has 0 saturated carbocycles. The molecule has 1 aromatic carbocycles. The second kappa shape index (κ2) is 7.92. The van der Waals surface area contributed by atoms with Crippen LogP contribution in [-0.2, 0) is 4.74 Å². The molecule has 0 aliphatic carbocycles. The minimum atomic E-state index is -0.178. The summed E-state index contributed by atoms with van der Waals surface area (Å²) < 4.78 is 5.36. The summed E-state index contributed by atoms with van der Waals surface area (Å²) in [6.45, 7) is 3.07. The molecule has 3 heterocycles. The van der Waals surface area contributed by atoms with Gasteiger partial charge in [-0.15, -0.1) is 10.2 Å². The van der Waals surface area contributed by atoms with E-state index in [1.54, 1.807) is 24.5 Å². The SMILES string of the molecule is O=C(Nc1cccc(-c2ccc(N3CCOCC3)nn2)c1)c1ccncc1. The molecule has 4 rings (SSSR count). The molecule has 0 bridgehead atoms. The molecule has 1 fully saturated rings. The molecule has 0 atom stereocenters. The van der Waals surface area contributed by atoms with Crippen molar-refractivity contribution in [1.82, 2.24) is 15.2 Å². The highest BCUT2D eigenvalue weighted by Crippen LogP contribution is 2.22. The average molecular weight is 361 g/mol. The molecule has 1 aliphatic rings. The van der Waals surface area contributed by atoms with Gasteiger partial charge in [-0.25, -0.2) is 0 Å². The molecule has 1 saturated heterocycles. The fraction of sp³-hybridized carbons (Fsp3) is 0.200. The van der Waals surface area contributed by atoms with Crippen LogP contribution in [0.3, 0.4) is 0 Å². The normalized spacial score (nSPS) is 14.0. The highest BCUT2D eigenvalue weighted by Gasteiger charge is 2.13. The lowest BCUT2D eigenvalue weighted by molar-refractivity contribution is 0.102. The van der Waals surface area contributed by atoms with E-state index in [4.69, 9.17) is 4.74 Å². The van der Waals surface area contributed by atoms with Crippen LogP contribution in [0.25, 0.3) is 11.3 Å². The Morgan fingerprint density at radius 1 is 1.00 bits per heavy atom. The number of carbonyl (C=O) groups is 1. The van der Waals surface area contributed by atoms with Gasteiger partial charge in [-0.1, -0.05) is 12.1 Å². The lowest BCUT2D eigenvalue weighted by Crippen LogP contribution is -2.36. The molecule has 7 heteroatoms. The zero-order chi connectivity index (χ0) is 18.5. The number of nitrogens with one attached hydrogen (secondary N) is 1. The largest absolute Gasteiger partial charge is 0.378 e. The predicted octanol–water partition coefficient (Wildman–Crippen LogP) is 2.63. The maximum absolute atomic E-state index is 12.3. The van der Waals surface area contributed by atoms with Gasteiger partial charge >= 0.3 is 0 Å². The van der Waals surface area contributed by atoms with Crippen molar-refractivity contribution in [2.24, 2.45) is 0 Å². The molecule has 27 heavy (non-hydrogen) atoms. The Morgan fingerprint density at radius 2 is 1.81 bits per heavy atom. The number of amides is 1. The third kappa shape index (κ3) is 4.09. The number of nitrogens with zero attached hydrogens (tertiary/aromatic N) is 4. The summed E-state index contributed by atoms with van der Waals surface area (Å²) >= 11 is 0. The van der Waals surface area contributed by atoms with Crippen molar-refractivity contribution in [3.8, 4) is 11.3 Å². The van der Waals surface area contributed by atoms with Gasteiger partial charge in [0, 0.05) is 42.3 Å². The number of hydrogen-bond acceptors (Lipinski definition) is 6. The van der Waals surface area contributed by atoms with E-state index in [2.05, 4.69) is 25.4 Å². The Morgan fingerprint density at radius 3 is 2.56 bits per heavy atom. The smallest absolute Gasteiger partial charge is 0.255 e. The van der Waals surface area contributed by atoms with Crippen LogP contribution in [0.2, 0.25) is 0 Å². The maximum Gasteiger partial charge on any atom is 0.255 e. The van der Waals surface area contributed by atoms with E-state index in [0.717, 1.165) is 30.2 Å². The number of morpholine rings is 1. The van der Waals surface area contributed by atoms with Gasteiger partial charge in [0.15, 0.2) is 5.82 Å².